The van der Waals surface area contributed by atoms with Crippen molar-refractivity contribution in [3.63, 3.8) is 0 Å². The van der Waals surface area contributed by atoms with Crippen molar-refractivity contribution in [1.29, 1.82) is 0 Å². The molecule has 0 unspecified atom stereocenters. The summed E-state index contributed by atoms with van der Waals surface area (Å²) in [6.07, 6.45) is 0. The van der Waals surface area contributed by atoms with E-state index in [9.17, 15) is 14.9 Å². The minimum atomic E-state index is -0.433. The van der Waals surface area contributed by atoms with Crippen molar-refractivity contribution in [3.8, 4) is 11.4 Å². The molecule has 29 heavy (non-hydrogen) atoms. The van der Waals surface area contributed by atoms with Gasteiger partial charge in [-0.15, -0.1) is 11.8 Å². The molecule has 0 aliphatic carbocycles. The van der Waals surface area contributed by atoms with Crippen molar-refractivity contribution in [2.45, 2.75) is 19.2 Å². The zero-order valence-corrected chi connectivity index (χ0v) is 16.9. The van der Waals surface area contributed by atoms with Crippen LogP contribution < -0.4 is 0 Å². The lowest BCUT2D eigenvalue weighted by Crippen LogP contribution is -2.28. The average molecular weight is 412 g/mol. The summed E-state index contributed by atoms with van der Waals surface area (Å²) in [5.74, 6) is 1.68. The van der Waals surface area contributed by atoms with E-state index in [-0.39, 0.29) is 23.9 Å². The quantitative estimate of drug-likeness (QED) is 0.409. The molecule has 9 heteroatoms. The molecule has 0 atom stereocenters. The summed E-state index contributed by atoms with van der Waals surface area (Å²) >= 11 is 1.44. The third kappa shape index (κ3) is 5.64. The summed E-state index contributed by atoms with van der Waals surface area (Å²) in [6.45, 7) is 2.22. The second-order valence-corrected chi connectivity index (χ2v) is 7.53. The molecule has 0 aliphatic rings. The molecule has 3 aromatic rings. The molecule has 0 saturated carbocycles. The van der Waals surface area contributed by atoms with Crippen LogP contribution in [0.2, 0.25) is 0 Å². The maximum atomic E-state index is 12.3. The zero-order chi connectivity index (χ0) is 20.8. The molecular weight excluding hydrogens is 392 g/mol. The first-order valence-electron chi connectivity index (χ1n) is 8.87. The zero-order valence-electron chi connectivity index (χ0n) is 16.1. The molecule has 8 nitrogen and oxygen atoms in total. The van der Waals surface area contributed by atoms with E-state index in [1.54, 1.807) is 19.2 Å². The number of hydrogen-bond donors (Lipinski definition) is 0. The van der Waals surface area contributed by atoms with Crippen LogP contribution in [0.3, 0.4) is 0 Å². The highest BCUT2D eigenvalue weighted by Crippen LogP contribution is 2.19. The van der Waals surface area contributed by atoms with Crippen molar-refractivity contribution >= 4 is 23.4 Å². The summed E-state index contributed by atoms with van der Waals surface area (Å²) < 4.78 is 5.27. The molecule has 0 fully saturated rings. The van der Waals surface area contributed by atoms with E-state index in [0.717, 1.165) is 16.7 Å². The van der Waals surface area contributed by atoms with E-state index in [1.165, 1.54) is 28.8 Å². The van der Waals surface area contributed by atoms with E-state index < -0.39 is 4.92 Å². The number of non-ortho nitro benzene ring substituents is 1. The third-order valence-electron chi connectivity index (χ3n) is 4.18. The van der Waals surface area contributed by atoms with Crippen molar-refractivity contribution in [2.75, 3.05) is 12.8 Å². The maximum absolute atomic E-state index is 12.3. The molecule has 0 N–H and O–H groups in total. The first kappa shape index (κ1) is 20.5. The van der Waals surface area contributed by atoms with Crippen molar-refractivity contribution in [3.05, 3.63) is 75.7 Å². The maximum Gasteiger partial charge on any atom is 0.269 e. The SMILES string of the molecule is Cc1cccc(-c2noc(CN(C)C(=O)CSCc3ccc([N+](=O)[O-])cc3)n2)c1. The number of nitrogens with zero attached hydrogens (tertiary/aromatic N) is 4. The number of amides is 1. The first-order valence-corrected chi connectivity index (χ1v) is 10.0. The fourth-order valence-electron chi connectivity index (χ4n) is 2.59. The van der Waals surface area contributed by atoms with Gasteiger partial charge in [-0.2, -0.15) is 4.98 Å². The Labute approximate surface area is 172 Å². The second kappa shape index (κ2) is 9.33. The fraction of sp³-hybridized carbons (Fsp3) is 0.250. The number of nitro benzene ring substituents is 1. The first-order chi connectivity index (χ1) is 13.9. The van der Waals surface area contributed by atoms with Crippen LogP contribution in [-0.4, -0.2) is 38.7 Å². The summed E-state index contributed by atoms with van der Waals surface area (Å²) in [5.41, 5.74) is 2.95. The molecule has 0 bridgehead atoms. The van der Waals surface area contributed by atoms with Crippen LogP contribution >= 0.6 is 11.8 Å². The normalized spacial score (nSPS) is 10.7. The summed E-state index contributed by atoms with van der Waals surface area (Å²) in [5, 5.41) is 14.7. The monoisotopic (exact) mass is 412 g/mol. The summed E-state index contributed by atoms with van der Waals surface area (Å²) in [7, 11) is 1.69. The number of aromatic nitrogens is 2. The molecule has 1 amide bonds. The summed E-state index contributed by atoms with van der Waals surface area (Å²) in [6, 6.07) is 14.1. The largest absolute Gasteiger partial charge is 0.337 e. The molecule has 1 aromatic heterocycles. The van der Waals surface area contributed by atoms with Crippen LogP contribution in [0.1, 0.15) is 17.0 Å². The van der Waals surface area contributed by atoms with E-state index in [4.69, 9.17) is 4.52 Å². The van der Waals surface area contributed by atoms with Gasteiger partial charge in [0.15, 0.2) is 0 Å². The number of rotatable bonds is 8. The molecule has 1 heterocycles. The third-order valence-corrected chi connectivity index (χ3v) is 5.17. The Balaban J connectivity index is 1.48. The van der Waals surface area contributed by atoms with E-state index >= 15 is 0 Å². The van der Waals surface area contributed by atoms with Gasteiger partial charge in [0.2, 0.25) is 17.6 Å². The predicted molar refractivity (Wildman–Crippen MR) is 110 cm³/mol. The Morgan fingerprint density at radius 3 is 2.69 bits per heavy atom. The lowest BCUT2D eigenvalue weighted by atomic mass is 10.1. The van der Waals surface area contributed by atoms with Gasteiger partial charge < -0.3 is 9.42 Å². The van der Waals surface area contributed by atoms with Crippen molar-refractivity contribution in [1.82, 2.24) is 15.0 Å². The topological polar surface area (TPSA) is 102 Å². The van der Waals surface area contributed by atoms with Gasteiger partial charge in [-0.25, -0.2) is 0 Å². The lowest BCUT2D eigenvalue weighted by molar-refractivity contribution is -0.384. The average Bonchev–Trinajstić information content (AvgIpc) is 3.17. The van der Waals surface area contributed by atoms with Gasteiger partial charge >= 0.3 is 0 Å². The number of benzene rings is 2. The number of thioether (sulfide) groups is 1. The van der Waals surface area contributed by atoms with Crippen LogP contribution in [0.4, 0.5) is 5.69 Å². The number of aryl methyl sites for hydroxylation is 1. The Bertz CT molecular complexity index is 1000. The number of carbonyl (C=O) groups excluding carboxylic acids is 1. The van der Waals surface area contributed by atoms with Crippen molar-refractivity contribution < 1.29 is 14.2 Å². The van der Waals surface area contributed by atoms with Crippen LogP contribution in [-0.2, 0) is 17.1 Å². The van der Waals surface area contributed by atoms with E-state index in [2.05, 4.69) is 10.1 Å². The highest BCUT2D eigenvalue weighted by atomic mass is 32.2. The standard InChI is InChI=1S/C20H20N4O4S/c1-14-4-3-5-16(10-14)20-21-18(28-22-20)11-23(2)19(25)13-29-12-15-6-8-17(9-7-15)24(26)27/h3-10H,11-13H2,1-2H3. The smallest absolute Gasteiger partial charge is 0.269 e. The molecule has 2 aromatic carbocycles. The fourth-order valence-corrected chi connectivity index (χ4v) is 3.52. The Morgan fingerprint density at radius 2 is 2.00 bits per heavy atom. The van der Waals surface area contributed by atoms with Crippen LogP contribution in [0.5, 0.6) is 0 Å². The van der Waals surface area contributed by atoms with Crippen LogP contribution in [0.15, 0.2) is 53.1 Å². The second-order valence-electron chi connectivity index (χ2n) is 6.55. The number of carbonyl (C=O) groups is 1. The Hall–Kier alpha value is -3.20. The minimum Gasteiger partial charge on any atom is -0.337 e. The summed E-state index contributed by atoms with van der Waals surface area (Å²) in [4.78, 5) is 28.5. The van der Waals surface area contributed by atoms with Crippen LogP contribution in [0, 0.1) is 17.0 Å². The minimum absolute atomic E-state index is 0.0548. The molecule has 0 aliphatic heterocycles. The molecular formula is C20H20N4O4S. The van der Waals surface area contributed by atoms with Gasteiger partial charge in [-0.3, -0.25) is 14.9 Å². The molecule has 3 rings (SSSR count). The Kier molecular flexibility index (Phi) is 6.61. The van der Waals surface area contributed by atoms with Gasteiger partial charge in [0.05, 0.1) is 17.2 Å². The predicted octanol–water partition coefficient (Wildman–Crippen LogP) is 3.85. The Morgan fingerprint density at radius 1 is 1.24 bits per heavy atom. The molecule has 150 valence electrons. The van der Waals surface area contributed by atoms with E-state index in [1.807, 2.05) is 31.2 Å². The highest BCUT2D eigenvalue weighted by Gasteiger charge is 2.15. The van der Waals surface area contributed by atoms with Gasteiger partial charge in [0.25, 0.3) is 5.69 Å². The van der Waals surface area contributed by atoms with Gasteiger partial charge in [-0.05, 0) is 18.6 Å². The van der Waals surface area contributed by atoms with E-state index in [0.29, 0.717) is 17.5 Å². The number of nitro groups is 1. The highest BCUT2D eigenvalue weighted by molar-refractivity contribution is 7.99. The molecule has 0 saturated heterocycles. The van der Waals surface area contributed by atoms with Crippen molar-refractivity contribution in [2.24, 2.45) is 0 Å². The molecule has 0 radical (unpaired) electrons. The lowest BCUT2D eigenvalue weighted by Gasteiger charge is -2.14. The van der Waals surface area contributed by atoms with Crippen LogP contribution in [0.25, 0.3) is 11.4 Å². The van der Waals surface area contributed by atoms with Gasteiger partial charge in [-0.1, -0.05) is 41.1 Å². The van der Waals surface area contributed by atoms with Gasteiger partial charge in [0.1, 0.15) is 0 Å². The molecule has 0 spiro atoms. The van der Waals surface area contributed by atoms with Gasteiger partial charge in [0, 0.05) is 30.5 Å². The number of hydrogen-bond acceptors (Lipinski definition) is 7.